The van der Waals surface area contributed by atoms with E-state index in [2.05, 4.69) is 0 Å². The largest absolute Gasteiger partial charge is 0.477 e. The predicted molar refractivity (Wildman–Crippen MR) is 58.9 cm³/mol. The molecule has 0 saturated carbocycles. The summed E-state index contributed by atoms with van der Waals surface area (Å²) < 4.78 is 21.1. The third-order valence-corrected chi connectivity index (χ3v) is 3.06. The summed E-state index contributed by atoms with van der Waals surface area (Å²) in [6, 6.07) is 0. The van der Waals surface area contributed by atoms with Crippen LogP contribution in [0.25, 0.3) is 0 Å². The minimum Gasteiger partial charge on any atom is -0.477 e. The number of hydrogen-bond acceptors (Lipinski definition) is 7. The summed E-state index contributed by atoms with van der Waals surface area (Å²) in [5, 5.41) is 28.5. The van der Waals surface area contributed by atoms with Crippen molar-refractivity contribution >= 4 is 5.97 Å². The minimum absolute atomic E-state index is 0.384. The van der Waals surface area contributed by atoms with Gasteiger partial charge in [0.25, 0.3) is 5.79 Å². The molecule has 1 unspecified atom stereocenters. The number of carbonyl (C=O) groups is 1. The second-order valence-electron chi connectivity index (χ2n) is 5.07. The fourth-order valence-corrected chi connectivity index (χ4v) is 2.38. The Morgan fingerprint density at radius 2 is 1.95 bits per heavy atom. The fraction of sp³-hybridized carbons (Fsp3) is 0.909. The Labute approximate surface area is 109 Å². The third kappa shape index (κ3) is 2.47. The van der Waals surface area contributed by atoms with E-state index in [4.69, 9.17) is 24.1 Å². The van der Waals surface area contributed by atoms with E-state index in [1.54, 1.807) is 6.92 Å². The highest BCUT2D eigenvalue weighted by molar-refractivity contribution is 5.76. The Kier molecular flexibility index (Phi) is 3.58. The van der Waals surface area contributed by atoms with E-state index in [9.17, 15) is 15.0 Å². The minimum atomic E-state index is -2.55. The van der Waals surface area contributed by atoms with Crippen LogP contribution in [0.3, 0.4) is 0 Å². The second kappa shape index (κ2) is 4.65. The van der Waals surface area contributed by atoms with Crippen LogP contribution in [0.4, 0.5) is 0 Å². The number of carboxylic acids is 1. The number of hydrogen-bond donors (Lipinski definition) is 3. The van der Waals surface area contributed by atoms with Gasteiger partial charge in [0.2, 0.25) is 0 Å². The van der Waals surface area contributed by atoms with E-state index in [1.807, 2.05) is 0 Å². The summed E-state index contributed by atoms with van der Waals surface area (Å²) in [4.78, 5) is 11.2. The molecule has 2 aliphatic heterocycles. The molecule has 0 aliphatic carbocycles. The van der Waals surface area contributed by atoms with Crippen LogP contribution in [-0.2, 0) is 23.7 Å². The molecular formula is C11H18O8. The smallest absolute Gasteiger partial charge is 0.367 e. The topological polar surface area (TPSA) is 115 Å². The number of aliphatic hydroxyl groups is 2. The lowest BCUT2D eigenvalue weighted by Crippen LogP contribution is -2.55. The lowest BCUT2D eigenvalue weighted by molar-refractivity contribution is -0.242. The number of ether oxygens (including phenoxy) is 4. The van der Waals surface area contributed by atoms with E-state index in [0.29, 0.717) is 0 Å². The maximum absolute atomic E-state index is 11.2. The normalized spacial score (nSPS) is 45.5. The number of aliphatic hydroxyl groups excluding tert-OH is 1. The Bertz CT molecular complexity index is 370. The van der Waals surface area contributed by atoms with Gasteiger partial charge in [-0.3, -0.25) is 0 Å². The molecule has 0 radical (unpaired) electrons. The van der Waals surface area contributed by atoms with Crippen molar-refractivity contribution in [2.45, 2.75) is 56.9 Å². The molecule has 0 aromatic carbocycles. The number of rotatable bonds is 3. The standard InChI is InChI=1S/C11H18O8/c1-5-16-6(4-12)7(17-5)8-11(15,9(13)14)19-10(2,3)18-8/h5-8,12,15H,4H2,1-3H3,(H,13,14)/t5?,6-,7-,8+,11-/m1/s1. The Morgan fingerprint density at radius 1 is 1.32 bits per heavy atom. The van der Waals surface area contributed by atoms with Crippen molar-refractivity contribution in [2.24, 2.45) is 0 Å². The third-order valence-electron chi connectivity index (χ3n) is 3.06. The van der Waals surface area contributed by atoms with Crippen LogP contribution in [0, 0.1) is 0 Å². The van der Waals surface area contributed by atoms with E-state index in [-0.39, 0.29) is 6.61 Å². The Hall–Kier alpha value is -0.770. The predicted octanol–water partition coefficient (Wildman–Crippen LogP) is -0.967. The first-order valence-electron chi connectivity index (χ1n) is 5.95. The first-order chi connectivity index (χ1) is 8.69. The van der Waals surface area contributed by atoms with Crippen LogP contribution >= 0.6 is 0 Å². The molecule has 8 nitrogen and oxygen atoms in total. The van der Waals surface area contributed by atoms with Gasteiger partial charge in [0.1, 0.15) is 12.2 Å². The molecule has 2 heterocycles. The molecule has 8 heteroatoms. The van der Waals surface area contributed by atoms with Crippen molar-refractivity contribution in [3.05, 3.63) is 0 Å². The molecule has 5 atom stereocenters. The van der Waals surface area contributed by atoms with E-state index < -0.39 is 42.1 Å². The van der Waals surface area contributed by atoms with Crippen LogP contribution < -0.4 is 0 Å². The number of aliphatic carboxylic acids is 1. The van der Waals surface area contributed by atoms with Gasteiger partial charge in [0.05, 0.1) is 6.61 Å². The molecule has 0 amide bonds. The van der Waals surface area contributed by atoms with Gasteiger partial charge < -0.3 is 34.3 Å². The summed E-state index contributed by atoms with van der Waals surface area (Å²) in [6.07, 6.45) is -3.67. The molecule has 19 heavy (non-hydrogen) atoms. The van der Waals surface area contributed by atoms with E-state index in [1.165, 1.54) is 13.8 Å². The number of carboxylic acid groups (broad SMARTS) is 1. The molecular weight excluding hydrogens is 260 g/mol. The van der Waals surface area contributed by atoms with Gasteiger partial charge in [-0.15, -0.1) is 0 Å². The molecule has 0 aromatic heterocycles. The maximum atomic E-state index is 11.2. The fourth-order valence-electron chi connectivity index (χ4n) is 2.38. The average molecular weight is 278 g/mol. The van der Waals surface area contributed by atoms with E-state index in [0.717, 1.165) is 0 Å². The van der Waals surface area contributed by atoms with Gasteiger partial charge in [-0.1, -0.05) is 0 Å². The molecule has 3 N–H and O–H groups in total. The molecule has 0 aromatic rings. The molecule has 0 bridgehead atoms. The van der Waals surface area contributed by atoms with Crippen molar-refractivity contribution in [2.75, 3.05) is 6.61 Å². The van der Waals surface area contributed by atoms with Crippen LogP contribution in [0.2, 0.25) is 0 Å². The lowest BCUT2D eigenvalue weighted by Gasteiger charge is -2.27. The Morgan fingerprint density at radius 3 is 2.47 bits per heavy atom. The van der Waals surface area contributed by atoms with Gasteiger partial charge in [0, 0.05) is 0 Å². The van der Waals surface area contributed by atoms with Crippen LogP contribution in [0.5, 0.6) is 0 Å². The van der Waals surface area contributed by atoms with Gasteiger partial charge in [0.15, 0.2) is 18.2 Å². The monoisotopic (exact) mass is 278 g/mol. The van der Waals surface area contributed by atoms with Crippen molar-refractivity contribution in [3.8, 4) is 0 Å². The van der Waals surface area contributed by atoms with E-state index >= 15 is 0 Å². The molecule has 2 saturated heterocycles. The van der Waals surface area contributed by atoms with Gasteiger partial charge in [-0.2, -0.15) is 0 Å². The molecule has 2 rings (SSSR count). The van der Waals surface area contributed by atoms with Gasteiger partial charge >= 0.3 is 5.97 Å². The van der Waals surface area contributed by atoms with Crippen molar-refractivity contribution in [3.63, 3.8) is 0 Å². The lowest BCUT2D eigenvalue weighted by atomic mass is 10.0. The zero-order chi connectivity index (χ0) is 14.4. The molecule has 2 fully saturated rings. The zero-order valence-corrected chi connectivity index (χ0v) is 10.9. The SMILES string of the molecule is CC1O[C@@H]([C@@H]2OC(C)(C)O[C@@]2(O)C(=O)O)[C@@H](CO)O1. The average Bonchev–Trinajstić information content (AvgIpc) is 2.76. The summed E-state index contributed by atoms with van der Waals surface area (Å²) in [7, 11) is 0. The van der Waals surface area contributed by atoms with Crippen molar-refractivity contribution in [1.29, 1.82) is 0 Å². The van der Waals surface area contributed by atoms with Crippen molar-refractivity contribution < 1.29 is 39.1 Å². The molecule has 2 aliphatic rings. The zero-order valence-electron chi connectivity index (χ0n) is 10.9. The van der Waals surface area contributed by atoms with Crippen LogP contribution in [0.1, 0.15) is 20.8 Å². The Balaban J connectivity index is 2.29. The summed E-state index contributed by atoms with van der Waals surface area (Å²) in [5.41, 5.74) is 0. The maximum Gasteiger partial charge on any atom is 0.367 e. The molecule has 110 valence electrons. The van der Waals surface area contributed by atoms with Gasteiger partial charge in [-0.05, 0) is 20.8 Å². The van der Waals surface area contributed by atoms with Crippen LogP contribution in [0.15, 0.2) is 0 Å². The summed E-state index contributed by atoms with van der Waals surface area (Å²) in [5.74, 6) is -5.41. The highest BCUT2D eigenvalue weighted by atomic mass is 16.8. The summed E-state index contributed by atoms with van der Waals surface area (Å²) >= 11 is 0. The van der Waals surface area contributed by atoms with Crippen molar-refractivity contribution in [1.82, 2.24) is 0 Å². The summed E-state index contributed by atoms with van der Waals surface area (Å²) in [6.45, 7) is 4.18. The second-order valence-corrected chi connectivity index (χ2v) is 5.07. The quantitative estimate of drug-likeness (QED) is 0.604. The first-order valence-corrected chi connectivity index (χ1v) is 5.95. The van der Waals surface area contributed by atoms with Gasteiger partial charge in [-0.25, -0.2) is 4.79 Å². The molecule has 0 spiro atoms. The highest BCUT2D eigenvalue weighted by Crippen LogP contribution is 2.40. The van der Waals surface area contributed by atoms with Crippen LogP contribution in [-0.4, -0.2) is 64.1 Å². The first kappa shape index (κ1) is 14.6. The highest BCUT2D eigenvalue weighted by Gasteiger charge is 2.63.